The molecular weight excluding hydrogens is 104 g/mol. The Bertz CT molecular complexity index is 24.6. The summed E-state index contributed by atoms with van der Waals surface area (Å²) < 4.78 is 0. The topological polar surface area (TPSA) is 0 Å². The van der Waals surface area contributed by atoms with E-state index in [2.05, 4.69) is 0 Å². The van der Waals surface area contributed by atoms with Crippen LogP contribution in [0.2, 0.25) is 0 Å². The Kier molecular flexibility index (Phi) is 16.0. The Labute approximate surface area is 43.1 Å². The van der Waals surface area contributed by atoms with Gasteiger partial charge in [-0.1, -0.05) is 0 Å². The number of hydrogen-bond donors (Lipinski definition) is 0. The van der Waals surface area contributed by atoms with E-state index in [9.17, 15) is 0 Å². The van der Waals surface area contributed by atoms with E-state index in [1.54, 1.807) is 0 Å². The average molecular weight is 108 g/mol. The van der Waals surface area contributed by atoms with E-state index in [4.69, 9.17) is 13.2 Å². The summed E-state index contributed by atoms with van der Waals surface area (Å²) in [5.41, 5.74) is 0. The van der Waals surface area contributed by atoms with Gasteiger partial charge in [-0.05, 0) is 0 Å². The zero-order valence-corrected chi connectivity index (χ0v) is 3.77. The van der Waals surface area contributed by atoms with Gasteiger partial charge in [0, 0.05) is 0 Å². The Balaban J connectivity index is 0. The quantitative estimate of drug-likeness (QED) is 0.266. The molecular formula is C4H4Fe. The van der Waals surface area contributed by atoms with Crippen LogP contribution >= 0.6 is 0 Å². The maximum Gasteiger partial charge on any atom is 2.00 e. The molecule has 0 aromatic carbocycles. The van der Waals surface area contributed by atoms with Crippen molar-refractivity contribution in [2.24, 2.45) is 0 Å². The van der Waals surface area contributed by atoms with Gasteiger partial charge in [0.1, 0.15) is 0 Å². The van der Waals surface area contributed by atoms with Gasteiger partial charge >= 0.3 is 17.1 Å². The Morgan fingerprint density at radius 1 is 1.00 bits per heavy atom. The van der Waals surface area contributed by atoms with Gasteiger partial charge in [-0.25, -0.2) is 0 Å². The first-order chi connectivity index (χ1) is 1.91. The van der Waals surface area contributed by atoms with Gasteiger partial charge in [0.15, 0.2) is 0 Å². The van der Waals surface area contributed by atoms with Crippen LogP contribution in [0.3, 0.4) is 0 Å². The summed E-state index contributed by atoms with van der Waals surface area (Å²) >= 11 is 0. The van der Waals surface area contributed by atoms with Crippen molar-refractivity contribution in [3.8, 4) is 0 Å². The fourth-order valence-electron chi connectivity index (χ4n) is 0. The second-order valence-electron chi connectivity index (χ2n) is 0.385. The Morgan fingerprint density at radius 3 is 1.20 bits per heavy atom. The molecule has 0 saturated heterocycles. The molecule has 5 heavy (non-hydrogen) atoms. The monoisotopic (exact) mass is 108 g/mol. The Morgan fingerprint density at radius 2 is 1.20 bits per heavy atom. The fraction of sp³-hybridized carbons (Fsp3) is 0. The zero-order valence-electron chi connectivity index (χ0n) is 2.66. The van der Waals surface area contributed by atoms with E-state index >= 15 is 0 Å². The van der Waals surface area contributed by atoms with E-state index in [1.165, 1.54) is 12.2 Å². The molecule has 0 atom stereocenters. The van der Waals surface area contributed by atoms with Crippen molar-refractivity contribution in [2.45, 2.75) is 0 Å². The summed E-state index contributed by atoms with van der Waals surface area (Å²) in [5, 5.41) is 0. The molecule has 0 N–H and O–H groups in total. The summed E-state index contributed by atoms with van der Waals surface area (Å²) in [6.07, 6.45) is 2.56. The SMILES string of the molecule is [CH-]=CC=[CH-].[Fe+2]. The van der Waals surface area contributed by atoms with Gasteiger partial charge in [-0.3, -0.25) is 0 Å². The fourth-order valence-corrected chi connectivity index (χ4v) is 0. The van der Waals surface area contributed by atoms with Gasteiger partial charge in [0.2, 0.25) is 0 Å². The van der Waals surface area contributed by atoms with Crippen LogP contribution in [0.1, 0.15) is 0 Å². The predicted molar refractivity (Wildman–Crippen MR) is 17.7 cm³/mol. The van der Waals surface area contributed by atoms with Crippen molar-refractivity contribution < 1.29 is 17.1 Å². The molecule has 0 unspecified atom stereocenters. The molecule has 0 nitrogen and oxygen atoms in total. The van der Waals surface area contributed by atoms with E-state index in [1.807, 2.05) is 0 Å². The molecule has 0 aliphatic carbocycles. The standard InChI is InChI=1S/C4H4.Fe/c1-3-4-2;/h1-4H;/q-2;+2. The first-order valence-electron chi connectivity index (χ1n) is 1.00. The van der Waals surface area contributed by atoms with Crippen molar-refractivity contribution in [3.05, 3.63) is 25.3 Å². The predicted octanol–water partition coefficient (Wildman–Crippen LogP) is 0.962. The largest absolute Gasteiger partial charge is 2.00 e. The zero-order chi connectivity index (χ0) is 3.41. The molecule has 0 bridgehead atoms. The first kappa shape index (κ1) is 8.89. The normalized spacial score (nSPS) is 4.00. The molecule has 0 heterocycles. The van der Waals surface area contributed by atoms with Crippen molar-refractivity contribution in [3.63, 3.8) is 0 Å². The molecule has 0 fully saturated rings. The summed E-state index contributed by atoms with van der Waals surface area (Å²) in [6, 6.07) is 0. The molecule has 0 amide bonds. The van der Waals surface area contributed by atoms with Gasteiger partial charge in [-0.15, -0.1) is 0 Å². The molecule has 0 saturated carbocycles. The third-order valence-corrected chi connectivity index (χ3v) is 0.111. The molecule has 0 rings (SSSR count). The molecule has 1 heteroatoms. The maximum absolute atomic E-state index is 4.72. The minimum Gasteiger partial charge on any atom is -0.394 e. The average Bonchev–Trinajstić information content (AvgIpc) is 1.37. The molecule has 0 radical (unpaired) electrons. The molecule has 0 aliphatic rings. The van der Waals surface area contributed by atoms with Crippen molar-refractivity contribution in [2.75, 3.05) is 0 Å². The first-order valence-corrected chi connectivity index (χ1v) is 1.00. The van der Waals surface area contributed by atoms with Gasteiger partial charge in [0.05, 0.1) is 0 Å². The van der Waals surface area contributed by atoms with Crippen LogP contribution in [0.25, 0.3) is 0 Å². The smallest absolute Gasteiger partial charge is 0.394 e. The van der Waals surface area contributed by atoms with E-state index in [-0.39, 0.29) is 17.1 Å². The van der Waals surface area contributed by atoms with Crippen LogP contribution in [0, 0.1) is 13.2 Å². The van der Waals surface area contributed by atoms with Gasteiger partial charge in [0.25, 0.3) is 0 Å². The minimum atomic E-state index is 0. The van der Waals surface area contributed by atoms with Crippen LogP contribution in [-0.2, 0) is 17.1 Å². The molecule has 0 aliphatic heterocycles. The summed E-state index contributed by atoms with van der Waals surface area (Å²) in [6.45, 7) is 9.44. The minimum absolute atomic E-state index is 0. The van der Waals surface area contributed by atoms with E-state index < -0.39 is 0 Å². The molecule has 28 valence electrons. The Hall–Kier alpha value is -0.000519. The van der Waals surface area contributed by atoms with E-state index in [0.717, 1.165) is 0 Å². The molecule has 0 aromatic rings. The second-order valence-corrected chi connectivity index (χ2v) is 0.385. The van der Waals surface area contributed by atoms with Crippen molar-refractivity contribution >= 4 is 0 Å². The third-order valence-electron chi connectivity index (χ3n) is 0.111. The molecule has 0 spiro atoms. The van der Waals surface area contributed by atoms with Crippen molar-refractivity contribution in [1.29, 1.82) is 0 Å². The summed E-state index contributed by atoms with van der Waals surface area (Å²) in [7, 11) is 0. The van der Waals surface area contributed by atoms with Gasteiger partial charge < -0.3 is 25.3 Å². The third kappa shape index (κ3) is 16.0. The number of allylic oxidation sites excluding steroid dienone is 2. The van der Waals surface area contributed by atoms with Crippen molar-refractivity contribution in [1.82, 2.24) is 0 Å². The summed E-state index contributed by atoms with van der Waals surface area (Å²) in [4.78, 5) is 0. The van der Waals surface area contributed by atoms with Crippen LogP contribution in [0.15, 0.2) is 12.2 Å². The van der Waals surface area contributed by atoms with Crippen LogP contribution in [0.5, 0.6) is 0 Å². The maximum atomic E-state index is 4.72. The van der Waals surface area contributed by atoms with Crippen LogP contribution < -0.4 is 0 Å². The van der Waals surface area contributed by atoms with Crippen LogP contribution in [0.4, 0.5) is 0 Å². The number of rotatable bonds is 1. The van der Waals surface area contributed by atoms with Crippen LogP contribution in [-0.4, -0.2) is 0 Å². The second kappa shape index (κ2) is 9.00. The van der Waals surface area contributed by atoms with E-state index in [0.29, 0.717) is 0 Å². The number of hydrogen-bond acceptors (Lipinski definition) is 0. The molecule has 0 aromatic heterocycles. The summed E-state index contributed by atoms with van der Waals surface area (Å²) in [5.74, 6) is 0. The van der Waals surface area contributed by atoms with Gasteiger partial charge in [-0.2, -0.15) is 0 Å².